The maximum absolute atomic E-state index is 5.87. The van der Waals surface area contributed by atoms with Gasteiger partial charge in [-0.25, -0.2) is 0 Å². The van der Waals surface area contributed by atoms with Gasteiger partial charge < -0.3 is 0 Å². The molecule has 0 nitrogen and oxygen atoms in total. The molecule has 0 radical (unpaired) electrons. The average Bonchev–Trinajstić information content (AvgIpc) is 2.49. The van der Waals surface area contributed by atoms with Gasteiger partial charge in [0.15, 0.2) is 0 Å². The van der Waals surface area contributed by atoms with Gasteiger partial charge in [0.2, 0.25) is 0 Å². The van der Waals surface area contributed by atoms with Gasteiger partial charge in [0, 0.05) is 0 Å². The third kappa shape index (κ3) is 23.8. The van der Waals surface area contributed by atoms with E-state index in [4.69, 9.17) is 33.2 Å². The second-order valence-electron chi connectivity index (χ2n) is 6.71. The quantitative estimate of drug-likeness (QED) is 0.0563. The molecular weight excluding hydrogens is 478 g/mol. The van der Waals surface area contributed by atoms with Crippen LogP contribution in [0.3, 0.4) is 0 Å². The largest absolute Gasteiger partial charge is 0.341 e. The summed E-state index contributed by atoms with van der Waals surface area (Å²) in [5, 5.41) is 0. The van der Waals surface area contributed by atoms with Crippen LogP contribution < -0.4 is 0 Å². The van der Waals surface area contributed by atoms with Gasteiger partial charge in [-0.05, 0) is 16.9 Å². The van der Waals surface area contributed by atoms with E-state index < -0.39 is 6.00 Å². The van der Waals surface area contributed by atoms with Gasteiger partial charge in [-0.1, -0.05) is 119 Å². The Labute approximate surface area is 174 Å². The minimum atomic E-state index is -2.35. The lowest BCUT2D eigenvalue weighted by molar-refractivity contribution is 0.532. The summed E-state index contributed by atoms with van der Waals surface area (Å²) < 4.78 is 1.33. The summed E-state index contributed by atoms with van der Waals surface area (Å²) in [6, 6.07) is -1.52. The first-order valence-corrected chi connectivity index (χ1v) is 16.5. The van der Waals surface area contributed by atoms with Gasteiger partial charge in [0.25, 0.3) is 0 Å². The van der Waals surface area contributed by atoms with Gasteiger partial charge in [-0.2, -0.15) is 0 Å². The fourth-order valence-electron chi connectivity index (χ4n) is 2.89. The summed E-state index contributed by atoms with van der Waals surface area (Å²) in [5.41, 5.74) is 0. The van der Waals surface area contributed by atoms with Crippen LogP contribution in [0, 0.1) is 0 Å². The van der Waals surface area contributed by atoms with Crippen molar-refractivity contribution in [2.75, 3.05) is 4.43 Å². The maximum atomic E-state index is 5.87. The standard InChI is InChI=1S/C18H36Cl3ISi/c19-23(20,21)18-16-14-12-10-8-6-4-2-1-3-5-7-9-11-13-15-17-22/h1-18H2. The number of hydrogen-bond donors (Lipinski definition) is 0. The van der Waals surface area contributed by atoms with Crippen molar-refractivity contribution >= 4 is 61.8 Å². The Morgan fingerprint density at radius 3 is 0.957 bits per heavy atom. The molecule has 0 amide bonds. The third-order valence-corrected chi connectivity index (χ3v) is 7.73. The Morgan fingerprint density at radius 2 is 0.696 bits per heavy atom. The van der Waals surface area contributed by atoms with Crippen molar-refractivity contribution in [2.24, 2.45) is 0 Å². The van der Waals surface area contributed by atoms with Crippen LogP contribution in [0.5, 0.6) is 0 Å². The summed E-state index contributed by atoms with van der Waals surface area (Å²) >= 11 is 20.1. The monoisotopic (exact) mass is 512 g/mol. The molecule has 0 aliphatic heterocycles. The number of rotatable bonds is 18. The van der Waals surface area contributed by atoms with Gasteiger partial charge in [0.05, 0.1) is 0 Å². The highest BCUT2D eigenvalue weighted by molar-refractivity contribution is 14.1. The minimum Gasteiger partial charge on any atom is -0.126 e. The van der Waals surface area contributed by atoms with Crippen molar-refractivity contribution in [1.29, 1.82) is 0 Å². The molecule has 0 spiro atoms. The molecule has 0 rings (SSSR count). The lowest BCUT2D eigenvalue weighted by atomic mass is 10.0. The Morgan fingerprint density at radius 1 is 0.435 bits per heavy atom. The molecule has 0 aliphatic rings. The second kappa shape index (κ2) is 18.6. The molecule has 0 saturated carbocycles. The van der Waals surface area contributed by atoms with Crippen molar-refractivity contribution < 1.29 is 0 Å². The van der Waals surface area contributed by atoms with E-state index in [0.29, 0.717) is 0 Å². The van der Waals surface area contributed by atoms with Gasteiger partial charge in [-0.3, -0.25) is 0 Å². The van der Waals surface area contributed by atoms with E-state index in [1.54, 1.807) is 0 Å². The zero-order chi connectivity index (χ0) is 17.2. The predicted octanol–water partition coefficient (Wildman–Crippen LogP) is 9.32. The maximum Gasteiger partial charge on any atom is 0.341 e. The second-order valence-corrected chi connectivity index (χ2v) is 17.1. The first kappa shape index (κ1) is 24.8. The van der Waals surface area contributed by atoms with Crippen molar-refractivity contribution in [2.45, 2.75) is 109 Å². The van der Waals surface area contributed by atoms with Crippen LogP contribution in [0.25, 0.3) is 0 Å². The smallest absolute Gasteiger partial charge is 0.126 e. The van der Waals surface area contributed by atoms with Crippen LogP contribution in [0.15, 0.2) is 0 Å². The molecule has 0 aliphatic carbocycles. The Kier molecular flexibility index (Phi) is 20.1. The molecule has 0 aromatic heterocycles. The van der Waals surface area contributed by atoms with E-state index in [-0.39, 0.29) is 0 Å². The van der Waals surface area contributed by atoms with E-state index in [1.165, 1.54) is 101 Å². The molecule has 0 atom stereocenters. The lowest BCUT2D eigenvalue weighted by Crippen LogP contribution is -2.07. The molecule has 140 valence electrons. The van der Waals surface area contributed by atoms with Crippen molar-refractivity contribution in [3.05, 3.63) is 0 Å². The van der Waals surface area contributed by atoms with Crippen molar-refractivity contribution in [1.82, 2.24) is 0 Å². The molecule has 5 heteroatoms. The minimum absolute atomic E-state index is 0.829. The van der Waals surface area contributed by atoms with E-state index in [1.807, 2.05) is 0 Å². The highest BCUT2D eigenvalue weighted by atomic mass is 127. The van der Waals surface area contributed by atoms with Crippen LogP contribution in [0.2, 0.25) is 6.04 Å². The van der Waals surface area contributed by atoms with Gasteiger partial charge in [0.1, 0.15) is 0 Å². The molecule has 0 unspecified atom stereocenters. The van der Waals surface area contributed by atoms with Crippen LogP contribution in [-0.2, 0) is 0 Å². The van der Waals surface area contributed by atoms with E-state index >= 15 is 0 Å². The molecule has 0 aromatic rings. The zero-order valence-electron chi connectivity index (χ0n) is 14.7. The highest BCUT2D eigenvalue weighted by Crippen LogP contribution is 2.27. The summed E-state index contributed by atoms with van der Waals surface area (Å²) in [6.45, 7) is 0. The summed E-state index contributed by atoms with van der Waals surface area (Å²) in [4.78, 5) is 0. The number of unbranched alkanes of at least 4 members (excludes halogenated alkanes) is 15. The van der Waals surface area contributed by atoms with Crippen LogP contribution in [-0.4, -0.2) is 10.4 Å². The number of alkyl halides is 1. The topological polar surface area (TPSA) is 0 Å². The molecule has 0 bridgehead atoms. The normalized spacial score (nSPS) is 12.0. The lowest BCUT2D eigenvalue weighted by Gasteiger charge is -2.07. The highest BCUT2D eigenvalue weighted by Gasteiger charge is 2.23. The third-order valence-electron chi connectivity index (χ3n) is 4.34. The molecule has 0 fully saturated rings. The Bertz CT molecular complexity index is 235. The average molecular weight is 514 g/mol. The van der Waals surface area contributed by atoms with Crippen molar-refractivity contribution in [3.63, 3.8) is 0 Å². The van der Waals surface area contributed by atoms with E-state index in [2.05, 4.69) is 22.6 Å². The number of hydrogen-bond acceptors (Lipinski definition) is 0. The molecule has 0 N–H and O–H groups in total. The van der Waals surface area contributed by atoms with Crippen molar-refractivity contribution in [3.8, 4) is 0 Å². The zero-order valence-corrected chi connectivity index (χ0v) is 20.2. The number of halogens is 4. The molecule has 0 heterocycles. The van der Waals surface area contributed by atoms with Crippen LogP contribution >= 0.6 is 55.8 Å². The van der Waals surface area contributed by atoms with E-state index in [0.717, 1.165) is 12.5 Å². The Balaban J connectivity index is 3.00. The predicted molar refractivity (Wildman–Crippen MR) is 121 cm³/mol. The van der Waals surface area contributed by atoms with Gasteiger partial charge in [-0.15, -0.1) is 33.2 Å². The van der Waals surface area contributed by atoms with Gasteiger partial charge >= 0.3 is 6.00 Å². The molecule has 0 aromatic carbocycles. The van der Waals surface area contributed by atoms with E-state index in [9.17, 15) is 0 Å². The van der Waals surface area contributed by atoms with Crippen LogP contribution in [0.4, 0.5) is 0 Å². The van der Waals surface area contributed by atoms with Crippen LogP contribution in [0.1, 0.15) is 103 Å². The summed E-state index contributed by atoms with van der Waals surface area (Å²) in [6.07, 6.45) is 22.2. The molecule has 0 saturated heterocycles. The SMILES string of the molecule is Cl[Si](Cl)(Cl)CCCCCCCCCCCCCCCCCCI. The molecule has 23 heavy (non-hydrogen) atoms. The fraction of sp³-hybridized carbons (Fsp3) is 1.00. The first-order chi connectivity index (χ1) is 11.1. The molecular formula is C18H36Cl3ISi. The summed E-state index contributed by atoms with van der Waals surface area (Å²) in [7, 11) is 0. The summed E-state index contributed by atoms with van der Waals surface area (Å²) in [5.74, 6) is 0. The fourth-order valence-corrected chi connectivity index (χ4v) is 5.29. The first-order valence-electron chi connectivity index (χ1n) is 9.69. The Hall–Kier alpha value is 1.82.